The molecule has 0 spiro atoms. The van der Waals surface area contributed by atoms with E-state index in [9.17, 15) is 0 Å². The number of hydrogen-bond donors (Lipinski definition) is 0. The van der Waals surface area contributed by atoms with E-state index in [1.165, 1.54) is 89.5 Å². The monoisotopic (exact) mass is 460 g/mol. The Balaban J connectivity index is 1.12. The third-order valence-electron chi connectivity index (χ3n) is 7.23. The molecule has 0 aliphatic rings. The highest BCUT2D eigenvalue weighted by Crippen LogP contribution is 2.23. The summed E-state index contributed by atoms with van der Waals surface area (Å²) in [6, 6.07) is 36.3. The van der Waals surface area contributed by atoms with E-state index in [2.05, 4.69) is 111 Å². The van der Waals surface area contributed by atoms with E-state index in [1.807, 2.05) is 0 Å². The molecule has 4 aromatic rings. The van der Waals surface area contributed by atoms with Gasteiger partial charge in [0, 0.05) is 0 Å². The van der Waals surface area contributed by atoms with Crippen molar-refractivity contribution in [3.05, 3.63) is 119 Å². The highest BCUT2D eigenvalue weighted by atomic mass is 14.1. The van der Waals surface area contributed by atoms with Gasteiger partial charge in [-0.2, -0.15) is 0 Å². The number of aryl methyl sites for hydroxylation is 4. The lowest BCUT2D eigenvalue weighted by atomic mass is 9.99. The quantitative estimate of drug-likeness (QED) is 0.184. The van der Waals surface area contributed by atoms with Gasteiger partial charge in [-0.25, -0.2) is 0 Å². The van der Waals surface area contributed by atoms with E-state index in [-0.39, 0.29) is 0 Å². The van der Waals surface area contributed by atoms with E-state index < -0.39 is 0 Å². The van der Waals surface area contributed by atoms with E-state index in [4.69, 9.17) is 0 Å². The highest BCUT2D eigenvalue weighted by Gasteiger charge is 2.01. The van der Waals surface area contributed by atoms with Crippen molar-refractivity contribution in [2.45, 2.75) is 71.6 Å². The first-order chi connectivity index (χ1) is 17.2. The van der Waals surface area contributed by atoms with Gasteiger partial charge in [0.15, 0.2) is 0 Å². The summed E-state index contributed by atoms with van der Waals surface area (Å²) < 4.78 is 0. The van der Waals surface area contributed by atoms with Crippen molar-refractivity contribution < 1.29 is 0 Å². The zero-order valence-corrected chi connectivity index (χ0v) is 21.6. The Labute approximate surface area is 213 Å². The topological polar surface area (TPSA) is 0 Å². The molecular formula is C35H40. The molecule has 0 aromatic heterocycles. The number of hydrogen-bond acceptors (Lipinski definition) is 0. The zero-order chi connectivity index (χ0) is 24.3. The van der Waals surface area contributed by atoms with E-state index in [0.717, 1.165) is 12.8 Å². The van der Waals surface area contributed by atoms with E-state index in [0.29, 0.717) is 0 Å². The first kappa shape index (κ1) is 25.0. The molecule has 0 bridgehead atoms. The van der Waals surface area contributed by atoms with Gasteiger partial charge >= 0.3 is 0 Å². The van der Waals surface area contributed by atoms with Crippen LogP contribution >= 0.6 is 0 Å². The fourth-order valence-corrected chi connectivity index (χ4v) is 4.78. The molecule has 4 aromatic carbocycles. The fraction of sp³-hybridized carbons (Fsp3) is 0.314. The van der Waals surface area contributed by atoms with Gasteiger partial charge in [0.1, 0.15) is 0 Å². The predicted molar refractivity (Wildman–Crippen MR) is 153 cm³/mol. The van der Waals surface area contributed by atoms with Crippen molar-refractivity contribution in [2.75, 3.05) is 0 Å². The van der Waals surface area contributed by atoms with Gasteiger partial charge in [0.2, 0.25) is 0 Å². The Hall–Kier alpha value is -3.12. The van der Waals surface area contributed by atoms with Crippen molar-refractivity contribution in [3.63, 3.8) is 0 Å². The molecule has 0 heteroatoms. The van der Waals surface area contributed by atoms with Gasteiger partial charge in [-0.05, 0) is 83.0 Å². The van der Waals surface area contributed by atoms with Crippen LogP contribution < -0.4 is 0 Å². The molecule has 0 aliphatic heterocycles. The van der Waals surface area contributed by atoms with Crippen LogP contribution in [0.25, 0.3) is 22.3 Å². The second-order valence-corrected chi connectivity index (χ2v) is 9.76. The average Bonchev–Trinajstić information content (AvgIpc) is 2.93. The molecule has 0 heterocycles. The number of rotatable bonds is 12. The summed E-state index contributed by atoms with van der Waals surface area (Å²) in [4.78, 5) is 0. The minimum atomic E-state index is 1.10. The molecule has 0 fully saturated rings. The van der Waals surface area contributed by atoms with Crippen LogP contribution in [0.4, 0.5) is 0 Å². The molecule has 0 nitrogen and oxygen atoms in total. The molecular weight excluding hydrogens is 420 g/mol. The molecule has 0 aliphatic carbocycles. The summed E-state index contributed by atoms with van der Waals surface area (Å²) in [6.07, 6.45) is 11.1. The van der Waals surface area contributed by atoms with Gasteiger partial charge < -0.3 is 0 Å². The van der Waals surface area contributed by atoms with E-state index in [1.54, 1.807) is 0 Å². The summed E-state index contributed by atoms with van der Waals surface area (Å²) >= 11 is 0. The largest absolute Gasteiger partial charge is 0.0613 e. The fourth-order valence-electron chi connectivity index (χ4n) is 4.78. The van der Waals surface area contributed by atoms with Crippen molar-refractivity contribution in [1.82, 2.24) is 0 Å². The van der Waals surface area contributed by atoms with E-state index >= 15 is 0 Å². The molecule has 4 rings (SSSR count). The van der Waals surface area contributed by atoms with Gasteiger partial charge in [-0.1, -0.05) is 130 Å². The van der Waals surface area contributed by atoms with Crippen molar-refractivity contribution in [2.24, 2.45) is 0 Å². The summed E-state index contributed by atoms with van der Waals surface area (Å²) in [6.45, 7) is 4.41. The zero-order valence-electron chi connectivity index (χ0n) is 21.6. The predicted octanol–water partition coefficient (Wildman–Crippen LogP) is 9.88. The van der Waals surface area contributed by atoms with Gasteiger partial charge in [0.25, 0.3) is 0 Å². The lowest BCUT2D eigenvalue weighted by molar-refractivity contribution is 0.613. The molecule has 180 valence electrons. The highest BCUT2D eigenvalue weighted by molar-refractivity contribution is 5.64. The molecule has 0 saturated carbocycles. The van der Waals surface area contributed by atoms with Crippen LogP contribution in [0.15, 0.2) is 97.1 Å². The van der Waals surface area contributed by atoms with Gasteiger partial charge in [-0.15, -0.1) is 0 Å². The summed E-state index contributed by atoms with van der Waals surface area (Å²) in [7, 11) is 0. The molecule has 0 unspecified atom stereocenters. The normalized spacial score (nSPS) is 11.0. The van der Waals surface area contributed by atoms with Crippen LogP contribution in [0.5, 0.6) is 0 Å². The number of unbranched alkanes of at least 4 members (excludes halogenated alkanes) is 4. The maximum atomic E-state index is 2.31. The Morgan fingerprint density at radius 1 is 0.314 bits per heavy atom. The van der Waals surface area contributed by atoms with Crippen LogP contribution in [-0.4, -0.2) is 0 Å². The molecule has 0 radical (unpaired) electrons. The third kappa shape index (κ3) is 7.43. The van der Waals surface area contributed by atoms with Crippen molar-refractivity contribution in [3.8, 4) is 22.3 Å². The summed E-state index contributed by atoms with van der Waals surface area (Å²) in [5, 5.41) is 0. The Morgan fingerprint density at radius 3 is 0.857 bits per heavy atom. The lowest BCUT2D eigenvalue weighted by Gasteiger charge is -2.07. The SMILES string of the molecule is CCc1ccc(-c2ccc(CCCCCCCc3ccc(-c4ccc(CC)cc4)cc3)cc2)cc1. The second kappa shape index (κ2) is 13.1. The minimum absolute atomic E-state index is 1.10. The first-order valence-corrected chi connectivity index (χ1v) is 13.6. The van der Waals surface area contributed by atoms with Crippen LogP contribution in [0.2, 0.25) is 0 Å². The molecule has 0 amide bonds. The third-order valence-corrected chi connectivity index (χ3v) is 7.23. The van der Waals surface area contributed by atoms with Crippen molar-refractivity contribution in [1.29, 1.82) is 0 Å². The first-order valence-electron chi connectivity index (χ1n) is 13.6. The molecule has 0 N–H and O–H groups in total. The standard InChI is InChI=1S/C35H40/c1-3-28-12-20-32(21-13-28)34-24-16-30(17-25-34)10-8-6-5-7-9-11-31-18-26-35(27-19-31)33-22-14-29(4-2)15-23-33/h12-27H,3-11H2,1-2H3. The summed E-state index contributed by atoms with van der Waals surface area (Å²) in [5.74, 6) is 0. The van der Waals surface area contributed by atoms with Crippen LogP contribution in [0.3, 0.4) is 0 Å². The molecule has 0 saturated heterocycles. The number of benzene rings is 4. The minimum Gasteiger partial charge on any atom is -0.0613 e. The Morgan fingerprint density at radius 2 is 0.571 bits per heavy atom. The van der Waals surface area contributed by atoms with Gasteiger partial charge in [0.05, 0.1) is 0 Å². The molecule has 0 atom stereocenters. The van der Waals surface area contributed by atoms with Crippen LogP contribution in [-0.2, 0) is 25.7 Å². The van der Waals surface area contributed by atoms with Gasteiger partial charge in [-0.3, -0.25) is 0 Å². The summed E-state index contributed by atoms with van der Waals surface area (Å²) in [5.41, 5.74) is 11.0. The van der Waals surface area contributed by atoms with Crippen LogP contribution in [0, 0.1) is 0 Å². The van der Waals surface area contributed by atoms with Crippen molar-refractivity contribution >= 4 is 0 Å². The maximum absolute atomic E-state index is 2.31. The Bertz CT molecular complexity index is 1040. The molecule has 35 heavy (non-hydrogen) atoms. The van der Waals surface area contributed by atoms with Crippen LogP contribution in [0.1, 0.15) is 68.2 Å². The maximum Gasteiger partial charge on any atom is -0.0184 e. The lowest BCUT2D eigenvalue weighted by Crippen LogP contribution is -1.89. The average molecular weight is 461 g/mol. The second-order valence-electron chi connectivity index (χ2n) is 9.76. The smallest absolute Gasteiger partial charge is 0.0184 e. The Kier molecular flexibility index (Phi) is 9.35.